The third kappa shape index (κ3) is 0.598. The van der Waals surface area contributed by atoms with Crippen LogP contribution < -0.4 is 0 Å². The maximum absolute atomic E-state index is 9.96. The third-order valence-corrected chi connectivity index (χ3v) is 1.40. The smallest absolute Gasteiger partial charge is 0.210 e. The van der Waals surface area contributed by atoms with Crippen LogP contribution in [0.3, 0.4) is 0 Å². The number of hydrogen-bond donors (Lipinski definition) is 0. The zero-order valence-electron chi connectivity index (χ0n) is 4.41. The summed E-state index contributed by atoms with van der Waals surface area (Å²) in [6.45, 7) is 0.743. The van der Waals surface area contributed by atoms with Crippen molar-refractivity contribution in [3.63, 3.8) is 0 Å². The summed E-state index contributed by atoms with van der Waals surface area (Å²) in [5.41, 5.74) is 0. The first-order chi connectivity index (χ1) is 3.88. The Morgan fingerprint density at radius 1 is 1.50 bits per heavy atom. The molecule has 1 unspecified atom stereocenters. The minimum absolute atomic E-state index is 0.118. The normalized spacial score (nSPS) is 26.5. The number of rotatable bonds is 2. The molecule has 0 aliphatic carbocycles. The quantitative estimate of drug-likeness (QED) is 0.449. The van der Waals surface area contributed by atoms with Gasteiger partial charge >= 0.3 is 0 Å². The Morgan fingerprint density at radius 2 is 2.25 bits per heavy atom. The number of aldehydes is 1. The van der Waals surface area contributed by atoms with E-state index in [0.29, 0.717) is 6.41 Å². The van der Waals surface area contributed by atoms with Gasteiger partial charge in [-0.2, -0.15) is 0 Å². The van der Waals surface area contributed by atoms with Gasteiger partial charge in [-0.05, 0) is 6.42 Å². The average Bonchev–Trinajstić information content (AvgIpc) is 1.66. The lowest BCUT2D eigenvalue weighted by Crippen LogP contribution is -2.47. The molecule has 8 heavy (non-hydrogen) atoms. The van der Waals surface area contributed by atoms with Crippen LogP contribution in [-0.4, -0.2) is 30.2 Å². The highest BCUT2D eigenvalue weighted by Crippen LogP contribution is 2.10. The molecular weight excluding hydrogens is 106 g/mol. The van der Waals surface area contributed by atoms with Gasteiger partial charge in [0.05, 0.1) is 6.04 Å². The number of amides is 1. The summed E-state index contributed by atoms with van der Waals surface area (Å²) in [4.78, 5) is 21.4. The minimum Gasteiger partial charge on any atom is -0.335 e. The van der Waals surface area contributed by atoms with Crippen LogP contribution in [0.1, 0.15) is 6.42 Å². The van der Waals surface area contributed by atoms with E-state index in [-0.39, 0.29) is 6.04 Å². The van der Waals surface area contributed by atoms with Crippen LogP contribution in [0.15, 0.2) is 0 Å². The fourth-order valence-corrected chi connectivity index (χ4v) is 0.704. The molecule has 3 heteroatoms. The zero-order chi connectivity index (χ0) is 5.98. The van der Waals surface area contributed by atoms with Gasteiger partial charge in [0.25, 0.3) is 0 Å². The van der Waals surface area contributed by atoms with Crippen molar-refractivity contribution in [2.75, 3.05) is 6.54 Å². The molecule has 0 aromatic carbocycles. The van der Waals surface area contributed by atoms with Gasteiger partial charge in [0.2, 0.25) is 6.41 Å². The molecule has 0 spiro atoms. The zero-order valence-corrected chi connectivity index (χ0v) is 4.41. The highest BCUT2D eigenvalue weighted by molar-refractivity contribution is 5.66. The molecule has 1 fully saturated rings. The monoisotopic (exact) mass is 113 g/mol. The van der Waals surface area contributed by atoms with Crippen LogP contribution in [0.25, 0.3) is 0 Å². The van der Waals surface area contributed by atoms with Gasteiger partial charge in [0.1, 0.15) is 6.29 Å². The molecule has 1 amide bonds. The predicted molar refractivity (Wildman–Crippen MR) is 27.2 cm³/mol. The van der Waals surface area contributed by atoms with Crippen LogP contribution in [0.4, 0.5) is 0 Å². The summed E-state index contributed by atoms with van der Waals surface area (Å²) in [6, 6.07) is -0.118. The van der Waals surface area contributed by atoms with Crippen molar-refractivity contribution in [3.05, 3.63) is 0 Å². The Morgan fingerprint density at radius 3 is 2.38 bits per heavy atom. The highest BCUT2D eigenvalue weighted by Gasteiger charge is 2.24. The van der Waals surface area contributed by atoms with E-state index in [1.54, 1.807) is 0 Å². The van der Waals surface area contributed by atoms with Gasteiger partial charge in [-0.1, -0.05) is 0 Å². The molecule has 1 aliphatic rings. The molecule has 1 heterocycles. The summed E-state index contributed by atoms with van der Waals surface area (Å²) in [5, 5.41) is 0. The lowest BCUT2D eigenvalue weighted by Gasteiger charge is -2.33. The van der Waals surface area contributed by atoms with E-state index in [0.717, 1.165) is 19.3 Å². The van der Waals surface area contributed by atoms with Crippen molar-refractivity contribution in [1.82, 2.24) is 4.90 Å². The maximum atomic E-state index is 9.96. The third-order valence-electron chi connectivity index (χ3n) is 1.40. The second-order valence-electron chi connectivity index (χ2n) is 1.84. The Labute approximate surface area is 47.3 Å². The molecule has 0 N–H and O–H groups in total. The summed E-state index contributed by atoms with van der Waals surface area (Å²) in [6.07, 6.45) is 2.35. The Balaban J connectivity index is 2.36. The van der Waals surface area contributed by atoms with Gasteiger partial charge in [-0.25, -0.2) is 0 Å². The number of hydrogen-bond acceptors (Lipinski definition) is 2. The van der Waals surface area contributed by atoms with E-state index >= 15 is 0 Å². The first-order valence-corrected chi connectivity index (χ1v) is 2.55. The van der Waals surface area contributed by atoms with Crippen molar-refractivity contribution in [3.8, 4) is 0 Å². The van der Waals surface area contributed by atoms with Crippen LogP contribution in [0, 0.1) is 0 Å². The first kappa shape index (κ1) is 5.28. The van der Waals surface area contributed by atoms with E-state index in [1.807, 2.05) is 0 Å². The van der Waals surface area contributed by atoms with Crippen molar-refractivity contribution < 1.29 is 9.59 Å². The van der Waals surface area contributed by atoms with Crippen LogP contribution in [0.5, 0.6) is 0 Å². The van der Waals surface area contributed by atoms with Crippen molar-refractivity contribution >= 4 is 12.7 Å². The number of nitrogens with zero attached hydrogens (tertiary/aromatic N) is 1. The highest BCUT2D eigenvalue weighted by atomic mass is 16.1. The molecule has 3 nitrogen and oxygen atoms in total. The van der Waals surface area contributed by atoms with E-state index in [4.69, 9.17) is 0 Å². The van der Waals surface area contributed by atoms with Crippen LogP contribution in [-0.2, 0) is 9.59 Å². The second kappa shape index (κ2) is 1.94. The van der Waals surface area contributed by atoms with Crippen LogP contribution >= 0.6 is 0 Å². The molecular formula is C5H7NO2. The molecule has 1 atom stereocenters. The summed E-state index contributed by atoms with van der Waals surface area (Å²) in [5.74, 6) is 0. The molecule has 0 radical (unpaired) electrons. The largest absolute Gasteiger partial charge is 0.335 e. The molecule has 0 aromatic heterocycles. The molecule has 1 aliphatic heterocycles. The fourth-order valence-electron chi connectivity index (χ4n) is 0.704. The van der Waals surface area contributed by atoms with E-state index in [1.165, 1.54) is 4.90 Å². The number of carbonyl (C=O) groups excluding carboxylic acids is 2. The van der Waals surface area contributed by atoms with E-state index in [9.17, 15) is 9.59 Å². The molecule has 1 rings (SSSR count). The van der Waals surface area contributed by atoms with Crippen molar-refractivity contribution in [2.45, 2.75) is 12.5 Å². The lowest BCUT2D eigenvalue weighted by molar-refractivity contribution is -0.131. The fraction of sp³-hybridized carbons (Fsp3) is 0.600. The van der Waals surface area contributed by atoms with Gasteiger partial charge < -0.3 is 9.69 Å². The average molecular weight is 113 g/mol. The Kier molecular flexibility index (Phi) is 1.28. The maximum Gasteiger partial charge on any atom is 0.210 e. The van der Waals surface area contributed by atoms with Crippen molar-refractivity contribution in [2.24, 2.45) is 0 Å². The first-order valence-electron chi connectivity index (χ1n) is 2.55. The lowest BCUT2D eigenvalue weighted by atomic mass is 10.1. The molecule has 0 bridgehead atoms. The van der Waals surface area contributed by atoms with E-state index in [2.05, 4.69) is 0 Å². The van der Waals surface area contributed by atoms with Crippen LogP contribution in [0.2, 0.25) is 0 Å². The van der Waals surface area contributed by atoms with Gasteiger partial charge in [-0.3, -0.25) is 4.79 Å². The SMILES string of the molecule is O=CC1CCN1C=O. The Bertz CT molecular complexity index is 99.0. The standard InChI is InChI=1S/C5H7NO2/c7-3-5-1-2-6(5)4-8/h3-5H,1-2H2. The van der Waals surface area contributed by atoms with Gasteiger partial charge in [-0.15, -0.1) is 0 Å². The second-order valence-corrected chi connectivity index (χ2v) is 1.84. The van der Waals surface area contributed by atoms with E-state index < -0.39 is 0 Å². The number of likely N-dealkylation sites (tertiary alicyclic amines) is 1. The summed E-state index contributed by atoms with van der Waals surface area (Å²) in [7, 11) is 0. The minimum atomic E-state index is -0.118. The Hall–Kier alpha value is -0.860. The topological polar surface area (TPSA) is 37.4 Å². The number of carbonyl (C=O) groups is 2. The molecule has 0 aromatic rings. The predicted octanol–water partition coefficient (Wildman–Crippen LogP) is -0.584. The van der Waals surface area contributed by atoms with Crippen molar-refractivity contribution in [1.29, 1.82) is 0 Å². The van der Waals surface area contributed by atoms with Gasteiger partial charge in [0, 0.05) is 6.54 Å². The molecule has 1 saturated heterocycles. The molecule has 0 saturated carbocycles. The summed E-state index contributed by atoms with van der Waals surface area (Å²) < 4.78 is 0. The molecule has 44 valence electrons. The van der Waals surface area contributed by atoms with Gasteiger partial charge in [0.15, 0.2) is 0 Å². The summed E-state index contributed by atoms with van der Waals surface area (Å²) >= 11 is 0.